The van der Waals surface area contributed by atoms with Gasteiger partial charge in [-0.05, 0) is 29.8 Å². The van der Waals surface area contributed by atoms with E-state index < -0.39 is 4.92 Å². The molecule has 1 fully saturated rings. The highest BCUT2D eigenvalue weighted by Crippen LogP contribution is 2.31. The topological polar surface area (TPSA) is 78.2 Å². The normalized spacial score (nSPS) is 20.8. The van der Waals surface area contributed by atoms with Crippen molar-refractivity contribution in [3.8, 4) is 5.75 Å². The number of para-hydroxylation sites is 1. The summed E-state index contributed by atoms with van der Waals surface area (Å²) >= 11 is 0. The molecule has 0 radical (unpaired) electrons. The molecule has 6 nitrogen and oxygen atoms in total. The van der Waals surface area contributed by atoms with Gasteiger partial charge >= 0.3 is 0 Å². The van der Waals surface area contributed by atoms with Crippen LogP contribution in [0.4, 0.5) is 5.69 Å². The van der Waals surface area contributed by atoms with Gasteiger partial charge < -0.3 is 14.8 Å². The van der Waals surface area contributed by atoms with Crippen LogP contribution in [0.25, 0.3) is 0 Å². The van der Waals surface area contributed by atoms with Crippen LogP contribution in [0.3, 0.4) is 0 Å². The first kappa shape index (κ1) is 14.5. The number of rotatable bonds is 4. The van der Waals surface area contributed by atoms with Crippen molar-refractivity contribution in [2.45, 2.75) is 12.3 Å². The number of nitrogens with zero attached hydrogens (tertiary/aromatic N) is 1. The van der Waals surface area contributed by atoms with Gasteiger partial charge in [-0.15, -0.1) is 0 Å². The predicted octanol–water partition coefficient (Wildman–Crippen LogP) is 1.94. The third-order valence-electron chi connectivity index (χ3n) is 3.80. The summed E-state index contributed by atoms with van der Waals surface area (Å²) in [6, 6.07) is 14.3. The molecule has 6 heteroatoms. The fraction of sp³-hybridized carbons (Fsp3) is 0.250. The summed E-state index contributed by atoms with van der Waals surface area (Å²) in [4.78, 5) is 10.3. The number of ether oxygens (including phenoxy) is 2. The summed E-state index contributed by atoms with van der Waals surface area (Å²) < 4.78 is 11.4. The Bertz CT molecular complexity index is 672. The van der Waals surface area contributed by atoms with Gasteiger partial charge in [0, 0.05) is 12.1 Å². The largest absolute Gasteiger partial charge is 0.496 e. The molecular formula is C16H17N2O4+. The van der Waals surface area contributed by atoms with Gasteiger partial charge in [0.1, 0.15) is 18.4 Å². The van der Waals surface area contributed by atoms with Crippen molar-refractivity contribution in [3.63, 3.8) is 0 Å². The minimum atomic E-state index is -0.400. The average molecular weight is 301 g/mol. The lowest BCUT2D eigenvalue weighted by Crippen LogP contribution is -2.82. The fourth-order valence-electron chi connectivity index (χ4n) is 2.66. The molecule has 0 aromatic heterocycles. The standard InChI is InChI=1S/C16H16N2O4/c1-21-14-5-3-2-4-13(14)16-17-10-15(22-16)11-6-8-12(9-7-11)18(19)20/h2-9,15-17H,10H2,1H3/p+1/t15-,16-/m1/s1. The molecule has 1 aliphatic rings. The van der Waals surface area contributed by atoms with Crippen LogP contribution in [0.2, 0.25) is 0 Å². The van der Waals surface area contributed by atoms with Crippen molar-refractivity contribution in [2.24, 2.45) is 0 Å². The number of hydrogen-bond acceptors (Lipinski definition) is 4. The lowest BCUT2D eigenvalue weighted by molar-refractivity contribution is -0.698. The van der Waals surface area contributed by atoms with E-state index in [2.05, 4.69) is 5.32 Å². The number of nitro benzene ring substituents is 1. The lowest BCUT2D eigenvalue weighted by atomic mass is 10.1. The number of hydrogen-bond donors (Lipinski definition) is 1. The van der Waals surface area contributed by atoms with Gasteiger partial charge in [-0.2, -0.15) is 0 Å². The molecule has 2 atom stereocenters. The van der Waals surface area contributed by atoms with E-state index in [1.807, 2.05) is 24.3 Å². The maximum atomic E-state index is 10.7. The van der Waals surface area contributed by atoms with Crippen LogP contribution in [0, 0.1) is 10.1 Å². The molecule has 1 aliphatic heterocycles. The molecule has 0 bridgehead atoms. The molecule has 1 heterocycles. The lowest BCUT2D eigenvalue weighted by Gasteiger charge is -2.12. The second-order valence-corrected chi connectivity index (χ2v) is 5.11. The van der Waals surface area contributed by atoms with Gasteiger partial charge in [-0.1, -0.05) is 12.1 Å². The zero-order valence-corrected chi connectivity index (χ0v) is 12.1. The Kier molecular flexibility index (Phi) is 4.04. The Labute approximate surface area is 127 Å². The second-order valence-electron chi connectivity index (χ2n) is 5.11. The third-order valence-corrected chi connectivity index (χ3v) is 3.80. The minimum absolute atomic E-state index is 0.0873. The quantitative estimate of drug-likeness (QED) is 0.691. The van der Waals surface area contributed by atoms with Crippen molar-refractivity contribution in [2.75, 3.05) is 13.7 Å². The zero-order chi connectivity index (χ0) is 15.5. The van der Waals surface area contributed by atoms with Crippen LogP contribution in [0.1, 0.15) is 23.5 Å². The number of nitro groups is 1. The number of quaternary nitrogens is 1. The van der Waals surface area contributed by atoms with Crippen molar-refractivity contribution in [3.05, 3.63) is 69.8 Å². The highest BCUT2D eigenvalue weighted by Gasteiger charge is 2.32. The number of methoxy groups -OCH3 is 1. The van der Waals surface area contributed by atoms with Crippen LogP contribution in [0.5, 0.6) is 5.75 Å². The molecule has 114 valence electrons. The number of benzene rings is 2. The van der Waals surface area contributed by atoms with E-state index in [1.165, 1.54) is 12.1 Å². The summed E-state index contributed by atoms with van der Waals surface area (Å²) in [7, 11) is 1.64. The van der Waals surface area contributed by atoms with Crippen LogP contribution < -0.4 is 10.1 Å². The van der Waals surface area contributed by atoms with E-state index in [4.69, 9.17) is 9.47 Å². The van der Waals surface area contributed by atoms with Crippen molar-refractivity contribution in [1.29, 1.82) is 0 Å². The molecule has 0 saturated carbocycles. The molecule has 0 aliphatic carbocycles. The van der Waals surface area contributed by atoms with Crippen molar-refractivity contribution in [1.82, 2.24) is 0 Å². The molecule has 0 spiro atoms. The maximum Gasteiger partial charge on any atom is 0.269 e. The molecule has 3 rings (SSSR count). The van der Waals surface area contributed by atoms with Crippen molar-refractivity contribution >= 4 is 5.69 Å². The maximum absolute atomic E-state index is 10.7. The third kappa shape index (κ3) is 2.79. The van der Waals surface area contributed by atoms with Crippen LogP contribution in [0.15, 0.2) is 48.5 Å². The van der Waals surface area contributed by atoms with Crippen LogP contribution in [-0.4, -0.2) is 18.6 Å². The van der Waals surface area contributed by atoms with E-state index in [1.54, 1.807) is 19.2 Å². The zero-order valence-electron chi connectivity index (χ0n) is 12.1. The molecule has 0 amide bonds. The van der Waals surface area contributed by atoms with E-state index in [0.717, 1.165) is 23.4 Å². The van der Waals surface area contributed by atoms with E-state index >= 15 is 0 Å². The SMILES string of the molecule is COc1ccccc1[C@@H]1[NH2+]C[C@H](c2ccc([N+](=O)[O-])cc2)O1. The number of nitrogens with two attached hydrogens (primary N) is 1. The average Bonchev–Trinajstić information content (AvgIpc) is 3.04. The first-order chi connectivity index (χ1) is 10.7. The summed E-state index contributed by atoms with van der Waals surface area (Å²) in [6.45, 7) is 0.764. The summed E-state index contributed by atoms with van der Waals surface area (Å²) in [5, 5.41) is 12.8. The molecule has 1 saturated heterocycles. The van der Waals surface area contributed by atoms with E-state index in [9.17, 15) is 10.1 Å². The van der Waals surface area contributed by atoms with Gasteiger partial charge in [0.25, 0.3) is 5.69 Å². The van der Waals surface area contributed by atoms with Crippen molar-refractivity contribution < 1.29 is 19.7 Å². The second kappa shape index (κ2) is 6.13. The molecular weight excluding hydrogens is 284 g/mol. The summed E-state index contributed by atoms with van der Waals surface area (Å²) in [5.74, 6) is 0.799. The van der Waals surface area contributed by atoms with Crippen LogP contribution >= 0.6 is 0 Å². The van der Waals surface area contributed by atoms with Crippen LogP contribution in [-0.2, 0) is 4.74 Å². The van der Waals surface area contributed by atoms with Gasteiger partial charge in [-0.25, -0.2) is 0 Å². The Balaban J connectivity index is 1.76. The highest BCUT2D eigenvalue weighted by molar-refractivity contribution is 5.36. The molecule has 2 aromatic carbocycles. The molecule has 2 aromatic rings. The van der Waals surface area contributed by atoms with Gasteiger partial charge in [-0.3, -0.25) is 10.1 Å². The Morgan fingerprint density at radius 1 is 1.23 bits per heavy atom. The Hall–Kier alpha value is -2.44. The fourth-order valence-corrected chi connectivity index (χ4v) is 2.66. The smallest absolute Gasteiger partial charge is 0.269 e. The van der Waals surface area contributed by atoms with Gasteiger partial charge in [0.15, 0.2) is 0 Å². The molecule has 22 heavy (non-hydrogen) atoms. The Morgan fingerprint density at radius 3 is 2.64 bits per heavy atom. The molecule has 0 unspecified atom stereocenters. The first-order valence-corrected chi connectivity index (χ1v) is 7.05. The highest BCUT2D eigenvalue weighted by atomic mass is 16.6. The molecule has 2 N–H and O–H groups in total. The van der Waals surface area contributed by atoms with E-state index in [-0.39, 0.29) is 18.0 Å². The predicted molar refractivity (Wildman–Crippen MR) is 79.4 cm³/mol. The Morgan fingerprint density at radius 2 is 1.95 bits per heavy atom. The monoisotopic (exact) mass is 301 g/mol. The summed E-state index contributed by atoms with van der Waals surface area (Å²) in [6.07, 6.45) is -0.216. The van der Waals surface area contributed by atoms with Gasteiger partial charge in [0.2, 0.25) is 6.23 Å². The van der Waals surface area contributed by atoms with Gasteiger partial charge in [0.05, 0.1) is 17.6 Å². The first-order valence-electron chi connectivity index (χ1n) is 7.05. The number of non-ortho nitro benzene ring substituents is 1. The minimum Gasteiger partial charge on any atom is -0.496 e. The summed E-state index contributed by atoms with van der Waals surface area (Å²) in [5.41, 5.74) is 2.03. The van der Waals surface area contributed by atoms with E-state index in [0.29, 0.717) is 0 Å².